The van der Waals surface area contributed by atoms with E-state index in [1.54, 1.807) is 24.4 Å². The molecule has 0 aliphatic carbocycles. The van der Waals surface area contributed by atoms with E-state index in [9.17, 15) is 19.8 Å². The van der Waals surface area contributed by atoms with Crippen molar-refractivity contribution >= 4 is 22.8 Å². The molecule has 0 spiro atoms. The number of piperazine rings is 1. The van der Waals surface area contributed by atoms with E-state index in [0.717, 1.165) is 18.6 Å². The summed E-state index contributed by atoms with van der Waals surface area (Å²) in [6.07, 6.45) is 1.80. The Bertz CT molecular complexity index is 790. The third kappa shape index (κ3) is 2.88. The highest BCUT2D eigenvalue weighted by Gasteiger charge is 2.32. The molecule has 1 aromatic heterocycles. The van der Waals surface area contributed by atoms with Gasteiger partial charge in [-0.3, -0.25) is 9.69 Å². The quantitative estimate of drug-likeness (QED) is 0.877. The number of aromatic nitrogens is 1. The van der Waals surface area contributed by atoms with E-state index >= 15 is 0 Å². The van der Waals surface area contributed by atoms with Gasteiger partial charge in [0.05, 0.1) is 5.56 Å². The zero-order valence-electron chi connectivity index (χ0n) is 13.8. The molecule has 1 fully saturated rings. The molecular formula is C17H21N3O4. The molecule has 7 heteroatoms. The molecule has 128 valence electrons. The second-order valence-electron chi connectivity index (χ2n) is 6.31. The Kier molecular flexibility index (Phi) is 4.29. The van der Waals surface area contributed by atoms with E-state index in [4.69, 9.17) is 0 Å². The van der Waals surface area contributed by atoms with Crippen molar-refractivity contribution in [2.45, 2.75) is 6.04 Å². The zero-order chi connectivity index (χ0) is 17.4. The molecule has 0 saturated carbocycles. The Hall–Kier alpha value is -2.38. The average molecular weight is 331 g/mol. The maximum atomic E-state index is 12.0. The molecule has 0 amide bonds. The topological polar surface area (TPSA) is 86.0 Å². The number of carbonyl (C=O) groups is 2. The number of carboxylic acids is 2. The van der Waals surface area contributed by atoms with E-state index in [2.05, 4.69) is 4.90 Å². The normalized spacial score (nSPS) is 17.9. The van der Waals surface area contributed by atoms with Crippen LogP contribution in [0.25, 0.3) is 10.9 Å². The molecule has 1 saturated heterocycles. The first-order valence-corrected chi connectivity index (χ1v) is 7.86. The minimum absolute atomic E-state index is 0.164. The van der Waals surface area contributed by atoms with Gasteiger partial charge in [-0.15, -0.1) is 0 Å². The molecule has 2 aromatic rings. The Labute approximate surface area is 139 Å². The Morgan fingerprint density at radius 2 is 1.75 bits per heavy atom. The zero-order valence-corrected chi connectivity index (χ0v) is 13.8. The molecule has 0 bridgehead atoms. The lowest BCUT2D eigenvalue weighted by molar-refractivity contribution is -0.144. The van der Waals surface area contributed by atoms with Gasteiger partial charge >= 0.3 is 11.9 Å². The van der Waals surface area contributed by atoms with Crippen LogP contribution >= 0.6 is 0 Å². The summed E-state index contributed by atoms with van der Waals surface area (Å²) in [5, 5.41) is 19.7. The highest BCUT2D eigenvalue weighted by molar-refractivity contribution is 5.96. The maximum absolute atomic E-state index is 12.0. The minimum Gasteiger partial charge on any atom is -0.480 e. The highest BCUT2D eigenvalue weighted by Crippen LogP contribution is 2.31. The first-order valence-electron chi connectivity index (χ1n) is 7.86. The number of aryl methyl sites for hydroxylation is 1. The number of rotatable bonds is 4. The molecule has 1 unspecified atom stereocenters. The monoisotopic (exact) mass is 331 g/mol. The van der Waals surface area contributed by atoms with Crippen molar-refractivity contribution in [2.75, 3.05) is 33.2 Å². The molecule has 7 nitrogen and oxygen atoms in total. The molecule has 0 radical (unpaired) electrons. The highest BCUT2D eigenvalue weighted by atomic mass is 16.4. The number of nitrogens with zero attached hydrogens (tertiary/aromatic N) is 3. The third-order valence-corrected chi connectivity index (χ3v) is 4.70. The fraction of sp³-hybridized carbons (Fsp3) is 0.412. The third-order valence-electron chi connectivity index (χ3n) is 4.70. The van der Waals surface area contributed by atoms with Crippen molar-refractivity contribution in [1.29, 1.82) is 0 Å². The van der Waals surface area contributed by atoms with E-state index in [-0.39, 0.29) is 5.56 Å². The van der Waals surface area contributed by atoms with Crippen molar-refractivity contribution in [3.63, 3.8) is 0 Å². The summed E-state index contributed by atoms with van der Waals surface area (Å²) in [6, 6.07) is 4.07. The van der Waals surface area contributed by atoms with E-state index in [0.29, 0.717) is 24.0 Å². The largest absolute Gasteiger partial charge is 0.480 e. The van der Waals surface area contributed by atoms with Crippen LogP contribution in [-0.4, -0.2) is 69.7 Å². The van der Waals surface area contributed by atoms with Gasteiger partial charge < -0.3 is 19.7 Å². The van der Waals surface area contributed by atoms with Gasteiger partial charge in [0.1, 0.15) is 6.04 Å². The summed E-state index contributed by atoms with van der Waals surface area (Å²) in [5.74, 6) is -1.93. The van der Waals surface area contributed by atoms with Gasteiger partial charge in [-0.05, 0) is 25.2 Å². The van der Waals surface area contributed by atoms with Crippen LogP contribution < -0.4 is 0 Å². The minimum atomic E-state index is -1.02. The molecule has 1 aliphatic heterocycles. The molecule has 3 rings (SSSR count). The summed E-state index contributed by atoms with van der Waals surface area (Å²) in [4.78, 5) is 27.4. The van der Waals surface area contributed by atoms with Gasteiger partial charge in [0.25, 0.3) is 0 Å². The lowest BCUT2D eigenvalue weighted by Gasteiger charge is -2.36. The summed E-state index contributed by atoms with van der Waals surface area (Å²) >= 11 is 0. The molecule has 1 aliphatic rings. The predicted octanol–water partition coefficient (Wildman–Crippen LogP) is 1.25. The molecule has 1 aromatic carbocycles. The van der Waals surface area contributed by atoms with E-state index < -0.39 is 18.0 Å². The number of likely N-dealkylation sites (N-methyl/N-ethyl adjacent to an activating group) is 1. The molecule has 2 N–H and O–H groups in total. The Balaban J connectivity index is 2.09. The Morgan fingerprint density at radius 3 is 2.33 bits per heavy atom. The lowest BCUT2D eigenvalue weighted by Crippen LogP contribution is -2.47. The smallest absolute Gasteiger partial charge is 0.335 e. The van der Waals surface area contributed by atoms with Gasteiger partial charge in [0.2, 0.25) is 0 Å². The van der Waals surface area contributed by atoms with Crippen LogP contribution in [0.5, 0.6) is 0 Å². The molecular weight excluding hydrogens is 310 g/mol. The Morgan fingerprint density at radius 1 is 1.08 bits per heavy atom. The van der Waals surface area contributed by atoms with Crippen LogP contribution in [0.1, 0.15) is 22.0 Å². The van der Waals surface area contributed by atoms with Gasteiger partial charge in [-0.25, -0.2) is 4.79 Å². The van der Waals surface area contributed by atoms with Gasteiger partial charge in [-0.2, -0.15) is 0 Å². The van der Waals surface area contributed by atoms with Crippen molar-refractivity contribution < 1.29 is 19.8 Å². The summed E-state index contributed by atoms with van der Waals surface area (Å²) in [6.45, 7) is 2.97. The lowest BCUT2D eigenvalue weighted by atomic mass is 10.0. The van der Waals surface area contributed by atoms with Gasteiger partial charge in [0, 0.05) is 55.9 Å². The molecule has 24 heavy (non-hydrogen) atoms. The number of benzene rings is 1. The second-order valence-corrected chi connectivity index (χ2v) is 6.31. The van der Waals surface area contributed by atoms with Crippen LogP contribution in [-0.2, 0) is 11.8 Å². The van der Waals surface area contributed by atoms with E-state index in [1.807, 2.05) is 23.6 Å². The first-order chi connectivity index (χ1) is 11.4. The number of carboxylic acid groups (broad SMARTS) is 2. The SMILES string of the molecule is CN1CCN(C(C(=O)O)c2cn(C)c3ccc(C(=O)O)cc23)CC1. The summed E-state index contributed by atoms with van der Waals surface area (Å²) in [7, 11) is 3.86. The van der Waals surface area contributed by atoms with Crippen molar-refractivity contribution in [1.82, 2.24) is 14.4 Å². The van der Waals surface area contributed by atoms with Crippen molar-refractivity contribution in [3.05, 3.63) is 35.5 Å². The molecule has 1 atom stereocenters. The summed E-state index contributed by atoms with van der Waals surface area (Å²) < 4.78 is 1.85. The second kappa shape index (κ2) is 6.26. The van der Waals surface area contributed by atoms with Crippen LogP contribution in [0.4, 0.5) is 0 Å². The molecule has 2 heterocycles. The van der Waals surface area contributed by atoms with E-state index in [1.165, 1.54) is 0 Å². The fourth-order valence-electron chi connectivity index (χ4n) is 3.34. The van der Waals surface area contributed by atoms with Crippen LogP contribution in [0.3, 0.4) is 0 Å². The summed E-state index contributed by atoms with van der Waals surface area (Å²) in [5.41, 5.74) is 1.64. The number of aliphatic carboxylic acids is 1. The number of aromatic carboxylic acids is 1. The van der Waals surface area contributed by atoms with Crippen LogP contribution in [0, 0.1) is 0 Å². The number of fused-ring (bicyclic) bond motifs is 1. The van der Waals surface area contributed by atoms with Crippen molar-refractivity contribution in [3.8, 4) is 0 Å². The number of hydrogen-bond donors (Lipinski definition) is 2. The van der Waals surface area contributed by atoms with Gasteiger partial charge in [-0.1, -0.05) is 0 Å². The average Bonchev–Trinajstić information content (AvgIpc) is 2.85. The fourth-order valence-corrected chi connectivity index (χ4v) is 3.34. The number of hydrogen-bond acceptors (Lipinski definition) is 4. The van der Waals surface area contributed by atoms with Gasteiger partial charge in [0.15, 0.2) is 0 Å². The van der Waals surface area contributed by atoms with Crippen LogP contribution in [0.2, 0.25) is 0 Å². The van der Waals surface area contributed by atoms with Crippen LogP contribution in [0.15, 0.2) is 24.4 Å². The van der Waals surface area contributed by atoms with Crippen molar-refractivity contribution in [2.24, 2.45) is 7.05 Å². The first kappa shape index (κ1) is 16.5. The standard InChI is InChI=1S/C17H21N3O4/c1-18-5-7-20(8-6-18)15(17(23)24)13-10-19(2)14-4-3-11(16(21)22)9-12(13)14/h3-4,9-10,15H,5-8H2,1-2H3,(H,21,22)(H,23,24). The predicted molar refractivity (Wildman–Crippen MR) is 89.3 cm³/mol. The maximum Gasteiger partial charge on any atom is 0.335 e.